The summed E-state index contributed by atoms with van der Waals surface area (Å²) in [5.74, 6) is -0.819. The second-order valence-electron chi connectivity index (χ2n) is 9.01. The highest BCUT2D eigenvalue weighted by molar-refractivity contribution is 5.96. The SMILES string of the molecule is CC(C)=CCN1CCc2ccc(C(N)=O)c(O)c2[C@@]2(CC1)CC(=O)CC[C@]2(C)O. The molecule has 0 aromatic heterocycles. The van der Waals surface area contributed by atoms with Crippen LogP contribution in [0.5, 0.6) is 5.75 Å². The van der Waals surface area contributed by atoms with E-state index in [2.05, 4.69) is 24.8 Å². The van der Waals surface area contributed by atoms with E-state index >= 15 is 0 Å². The lowest BCUT2D eigenvalue weighted by molar-refractivity contribution is -0.134. The molecule has 1 fully saturated rings. The van der Waals surface area contributed by atoms with Crippen molar-refractivity contribution in [3.05, 3.63) is 40.5 Å². The maximum Gasteiger partial charge on any atom is 0.252 e. The van der Waals surface area contributed by atoms with Crippen molar-refractivity contribution in [2.75, 3.05) is 19.6 Å². The van der Waals surface area contributed by atoms with Crippen LogP contribution in [0.15, 0.2) is 23.8 Å². The summed E-state index contributed by atoms with van der Waals surface area (Å²) in [4.78, 5) is 26.7. The fraction of sp³-hybridized carbons (Fsp3) is 0.565. The second-order valence-corrected chi connectivity index (χ2v) is 9.01. The van der Waals surface area contributed by atoms with Crippen LogP contribution in [-0.4, -0.2) is 52.0 Å². The second kappa shape index (κ2) is 7.92. The van der Waals surface area contributed by atoms with Gasteiger partial charge in [-0.05, 0) is 58.2 Å². The number of amides is 1. The minimum Gasteiger partial charge on any atom is -0.507 e. The third kappa shape index (κ3) is 3.96. The summed E-state index contributed by atoms with van der Waals surface area (Å²) < 4.78 is 0. The molecule has 1 spiro atoms. The average molecular weight is 401 g/mol. The van der Waals surface area contributed by atoms with Gasteiger partial charge >= 0.3 is 0 Å². The Labute approximate surface area is 172 Å². The summed E-state index contributed by atoms with van der Waals surface area (Å²) >= 11 is 0. The van der Waals surface area contributed by atoms with Crippen molar-refractivity contribution in [2.24, 2.45) is 5.73 Å². The molecule has 0 saturated heterocycles. The van der Waals surface area contributed by atoms with Gasteiger partial charge in [0.1, 0.15) is 11.5 Å². The van der Waals surface area contributed by atoms with Crippen LogP contribution in [0, 0.1) is 0 Å². The summed E-state index contributed by atoms with van der Waals surface area (Å²) in [5.41, 5.74) is 6.04. The first-order valence-electron chi connectivity index (χ1n) is 10.3. The smallest absolute Gasteiger partial charge is 0.252 e. The van der Waals surface area contributed by atoms with Gasteiger partial charge in [0.25, 0.3) is 5.91 Å². The molecule has 6 heteroatoms. The Hall–Kier alpha value is -2.18. The molecule has 2 aliphatic rings. The van der Waals surface area contributed by atoms with Gasteiger partial charge in [-0.1, -0.05) is 17.7 Å². The Kier molecular flexibility index (Phi) is 5.88. The molecule has 1 aliphatic carbocycles. The molecule has 4 N–H and O–H groups in total. The van der Waals surface area contributed by atoms with Crippen LogP contribution >= 0.6 is 0 Å². The minimum atomic E-state index is -1.18. The number of rotatable bonds is 3. The monoisotopic (exact) mass is 400 g/mol. The van der Waals surface area contributed by atoms with Gasteiger partial charge in [-0.2, -0.15) is 0 Å². The lowest BCUT2D eigenvalue weighted by atomic mass is 9.56. The number of Topliss-reactive ketones (excluding diaryl/α,β-unsaturated/α-hetero) is 1. The summed E-state index contributed by atoms with van der Waals surface area (Å²) in [6.07, 6.45) is 4.16. The lowest BCUT2D eigenvalue weighted by Gasteiger charge is -2.51. The van der Waals surface area contributed by atoms with E-state index in [0.717, 1.165) is 18.7 Å². The first kappa shape index (κ1) is 21.5. The van der Waals surface area contributed by atoms with Crippen molar-refractivity contribution in [1.82, 2.24) is 4.90 Å². The fourth-order valence-electron chi connectivity index (χ4n) is 4.89. The molecule has 1 aliphatic heterocycles. The van der Waals surface area contributed by atoms with E-state index in [1.54, 1.807) is 13.0 Å². The van der Waals surface area contributed by atoms with Crippen LogP contribution in [0.25, 0.3) is 0 Å². The molecule has 0 radical (unpaired) electrons. The molecule has 1 heterocycles. The first-order chi connectivity index (χ1) is 13.6. The molecule has 1 amide bonds. The zero-order valence-electron chi connectivity index (χ0n) is 17.6. The predicted octanol–water partition coefficient (Wildman–Crippen LogP) is 2.45. The summed E-state index contributed by atoms with van der Waals surface area (Å²) in [6.45, 7) is 8.16. The molecule has 0 unspecified atom stereocenters. The van der Waals surface area contributed by atoms with Crippen LogP contribution in [0.2, 0.25) is 0 Å². The van der Waals surface area contributed by atoms with Crippen LogP contribution in [-0.2, 0) is 16.6 Å². The van der Waals surface area contributed by atoms with Crippen molar-refractivity contribution >= 4 is 11.7 Å². The third-order valence-electron chi connectivity index (χ3n) is 6.74. The number of nitrogens with two attached hydrogens (primary N) is 1. The third-order valence-corrected chi connectivity index (χ3v) is 6.74. The number of nitrogens with zero attached hydrogens (tertiary/aromatic N) is 1. The highest BCUT2D eigenvalue weighted by Crippen LogP contribution is 2.52. The fourth-order valence-corrected chi connectivity index (χ4v) is 4.89. The molecule has 2 atom stereocenters. The van der Waals surface area contributed by atoms with E-state index < -0.39 is 16.9 Å². The van der Waals surface area contributed by atoms with Gasteiger partial charge < -0.3 is 15.9 Å². The zero-order valence-corrected chi connectivity index (χ0v) is 17.6. The van der Waals surface area contributed by atoms with Crippen LogP contribution in [0.4, 0.5) is 0 Å². The Bertz CT molecular complexity index is 855. The number of primary amides is 1. The Morgan fingerprint density at radius 1 is 1.24 bits per heavy atom. The standard InChI is InChI=1S/C23H32N2O4/c1-15(2)7-11-25-12-8-16-4-5-18(21(24)28)20(27)19(16)23(10-13-25)14-17(26)6-9-22(23,3)29/h4-5,7,27,29H,6,8-14H2,1-3H3,(H2,24,28)/t22-,23+/m0/s1. The van der Waals surface area contributed by atoms with Gasteiger partial charge in [-0.3, -0.25) is 14.5 Å². The van der Waals surface area contributed by atoms with Gasteiger partial charge in [0.2, 0.25) is 0 Å². The molecule has 6 nitrogen and oxygen atoms in total. The van der Waals surface area contributed by atoms with Crippen molar-refractivity contribution in [3.8, 4) is 5.75 Å². The van der Waals surface area contributed by atoms with E-state index in [9.17, 15) is 19.8 Å². The summed E-state index contributed by atoms with van der Waals surface area (Å²) in [6, 6.07) is 3.36. The predicted molar refractivity (Wildman–Crippen MR) is 112 cm³/mol. The largest absolute Gasteiger partial charge is 0.507 e. The first-order valence-corrected chi connectivity index (χ1v) is 10.3. The quantitative estimate of drug-likeness (QED) is 0.676. The number of phenols is 1. The van der Waals surface area contributed by atoms with Crippen molar-refractivity contribution in [1.29, 1.82) is 0 Å². The Balaban J connectivity index is 2.17. The molecule has 3 rings (SSSR count). The normalized spacial score (nSPS) is 27.8. The van der Waals surface area contributed by atoms with Gasteiger partial charge in [0.15, 0.2) is 0 Å². The van der Waals surface area contributed by atoms with E-state index in [-0.39, 0.29) is 23.5 Å². The van der Waals surface area contributed by atoms with E-state index in [1.807, 2.05) is 6.07 Å². The molecule has 158 valence electrons. The van der Waals surface area contributed by atoms with E-state index in [4.69, 9.17) is 5.73 Å². The molecule has 1 saturated carbocycles. The zero-order chi connectivity index (χ0) is 21.4. The number of hydrogen-bond donors (Lipinski definition) is 3. The van der Waals surface area contributed by atoms with Crippen molar-refractivity contribution < 1.29 is 19.8 Å². The number of carbonyl (C=O) groups is 2. The Morgan fingerprint density at radius 2 is 1.97 bits per heavy atom. The Morgan fingerprint density at radius 3 is 2.62 bits per heavy atom. The van der Waals surface area contributed by atoms with Gasteiger partial charge in [0, 0.05) is 36.9 Å². The molecule has 1 aromatic carbocycles. The highest BCUT2D eigenvalue weighted by Gasteiger charge is 2.54. The highest BCUT2D eigenvalue weighted by atomic mass is 16.3. The number of aliphatic hydroxyl groups is 1. The topological polar surface area (TPSA) is 104 Å². The number of allylic oxidation sites excluding steroid dienone is 1. The van der Waals surface area contributed by atoms with Crippen molar-refractivity contribution in [3.63, 3.8) is 0 Å². The lowest BCUT2D eigenvalue weighted by Crippen LogP contribution is -2.56. The van der Waals surface area contributed by atoms with Gasteiger partial charge in [0.05, 0.1) is 11.2 Å². The number of carbonyl (C=O) groups excluding carboxylic acids is 2. The van der Waals surface area contributed by atoms with Crippen LogP contribution in [0.3, 0.4) is 0 Å². The molecule has 0 bridgehead atoms. The van der Waals surface area contributed by atoms with Crippen LogP contribution < -0.4 is 5.73 Å². The molecule has 29 heavy (non-hydrogen) atoms. The molecular formula is C23H32N2O4. The summed E-state index contributed by atoms with van der Waals surface area (Å²) in [5, 5.41) is 22.5. The number of ketones is 1. The number of fused-ring (bicyclic) bond motifs is 2. The van der Waals surface area contributed by atoms with Crippen molar-refractivity contribution in [2.45, 2.75) is 63.9 Å². The maximum atomic E-state index is 12.6. The van der Waals surface area contributed by atoms with E-state index in [0.29, 0.717) is 37.8 Å². The van der Waals surface area contributed by atoms with Crippen LogP contribution in [0.1, 0.15) is 67.9 Å². The van der Waals surface area contributed by atoms with Gasteiger partial charge in [-0.15, -0.1) is 0 Å². The summed E-state index contributed by atoms with van der Waals surface area (Å²) in [7, 11) is 0. The number of aromatic hydroxyl groups is 1. The minimum absolute atomic E-state index is 0.0407. The maximum absolute atomic E-state index is 12.6. The number of hydrogen-bond acceptors (Lipinski definition) is 5. The van der Waals surface area contributed by atoms with Gasteiger partial charge in [-0.25, -0.2) is 0 Å². The van der Waals surface area contributed by atoms with E-state index in [1.165, 1.54) is 5.57 Å². The number of benzene rings is 1. The molecular weight excluding hydrogens is 368 g/mol. The average Bonchev–Trinajstić information content (AvgIpc) is 2.62. The molecule has 1 aromatic rings.